The number of halogens is 1. The molecular formula is C33H29ClN2O. The van der Waals surface area contributed by atoms with Crippen molar-refractivity contribution in [3.8, 4) is 11.1 Å². The zero-order valence-electron chi connectivity index (χ0n) is 20.4. The van der Waals surface area contributed by atoms with Gasteiger partial charge in [0.05, 0.1) is 0 Å². The van der Waals surface area contributed by atoms with Gasteiger partial charge in [0, 0.05) is 22.7 Å². The molecule has 6 rings (SSSR count). The molecule has 2 unspecified atom stereocenters. The first-order chi connectivity index (χ1) is 17.6. The van der Waals surface area contributed by atoms with Gasteiger partial charge < -0.3 is 11.1 Å². The summed E-state index contributed by atoms with van der Waals surface area (Å²) in [6.45, 7) is 0. The number of fused-ring (bicyclic) bond motifs is 1. The lowest BCUT2D eigenvalue weighted by Gasteiger charge is -2.13. The third-order valence-corrected chi connectivity index (χ3v) is 7.29. The molecule has 2 atom stereocenters. The Morgan fingerprint density at radius 1 is 0.757 bits per heavy atom. The van der Waals surface area contributed by atoms with E-state index >= 15 is 0 Å². The Kier molecular flexibility index (Phi) is 6.84. The topological polar surface area (TPSA) is 55.1 Å². The van der Waals surface area contributed by atoms with Crippen LogP contribution in [-0.2, 0) is 6.42 Å². The summed E-state index contributed by atoms with van der Waals surface area (Å²) >= 11 is 0. The maximum absolute atomic E-state index is 12.8. The summed E-state index contributed by atoms with van der Waals surface area (Å²) in [5.74, 6) is 0.220. The second-order valence-electron chi connectivity index (χ2n) is 9.87. The Labute approximate surface area is 223 Å². The first-order valence-electron chi connectivity index (χ1n) is 12.4. The zero-order valence-corrected chi connectivity index (χ0v) is 21.2. The molecule has 1 amide bonds. The summed E-state index contributed by atoms with van der Waals surface area (Å²) in [5.41, 5.74) is 12.7. The molecule has 0 bridgehead atoms. The van der Waals surface area contributed by atoms with Crippen LogP contribution in [0.4, 0.5) is 5.69 Å². The number of rotatable bonds is 6. The molecule has 0 spiro atoms. The lowest BCUT2D eigenvalue weighted by atomic mass is 9.97. The van der Waals surface area contributed by atoms with Gasteiger partial charge in [-0.15, -0.1) is 12.4 Å². The molecule has 184 valence electrons. The predicted molar refractivity (Wildman–Crippen MR) is 155 cm³/mol. The van der Waals surface area contributed by atoms with E-state index in [9.17, 15) is 4.79 Å². The SMILES string of the molecule is Cl.NC1(Cc2ccc3ccccc3c2)CC1c1ccc(NC(=O)c2ccc(-c3ccccc3)cc2)cc1. The minimum Gasteiger partial charge on any atom is -0.324 e. The molecule has 0 heterocycles. The number of nitrogens with two attached hydrogens (primary N) is 1. The van der Waals surface area contributed by atoms with Gasteiger partial charge in [0.15, 0.2) is 0 Å². The molecule has 4 heteroatoms. The van der Waals surface area contributed by atoms with Crippen molar-refractivity contribution in [1.29, 1.82) is 0 Å². The highest BCUT2D eigenvalue weighted by molar-refractivity contribution is 6.04. The smallest absolute Gasteiger partial charge is 0.255 e. The Hall–Kier alpha value is -3.92. The molecule has 0 radical (unpaired) electrons. The fourth-order valence-corrected chi connectivity index (χ4v) is 5.14. The van der Waals surface area contributed by atoms with Crippen LogP contribution in [-0.4, -0.2) is 11.4 Å². The van der Waals surface area contributed by atoms with E-state index in [1.54, 1.807) is 0 Å². The fraction of sp³-hybridized carbons (Fsp3) is 0.121. The maximum atomic E-state index is 12.8. The Balaban J connectivity index is 0.00000280. The second kappa shape index (κ2) is 10.2. The Morgan fingerprint density at radius 3 is 2.14 bits per heavy atom. The summed E-state index contributed by atoms with van der Waals surface area (Å²) in [6.07, 6.45) is 1.83. The van der Waals surface area contributed by atoms with Gasteiger partial charge >= 0.3 is 0 Å². The highest BCUT2D eigenvalue weighted by atomic mass is 35.5. The predicted octanol–water partition coefficient (Wildman–Crippen LogP) is 7.61. The van der Waals surface area contributed by atoms with Gasteiger partial charge in [0.25, 0.3) is 5.91 Å². The average molecular weight is 505 g/mol. The molecule has 5 aromatic carbocycles. The van der Waals surface area contributed by atoms with E-state index in [4.69, 9.17) is 5.73 Å². The fourth-order valence-electron chi connectivity index (χ4n) is 5.14. The monoisotopic (exact) mass is 504 g/mol. The standard InChI is InChI=1S/C33H28N2O.ClH/c34-33(21-23-10-11-25-8-4-5-9-29(25)20-23)22-31(33)27-16-18-30(19-17-27)35-32(36)28-14-12-26(13-15-28)24-6-2-1-3-7-24;/h1-20,31H,21-22,34H2,(H,35,36);1H. The Morgan fingerprint density at radius 2 is 1.41 bits per heavy atom. The minimum absolute atomic E-state index is 0. The summed E-state index contributed by atoms with van der Waals surface area (Å²) in [6, 6.07) is 41.0. The molecule has 1 fully saturated rings. The van der Waals surface area contributed by atoms with Gasteiger partial charge in [-0.1, -0.05) is 97.1 Å². The number of hydrogen-bond acceptors (Lipinski definition) is 2. The van der Waals surface area contributed by atoms with Gasteiger partial charge in [-0.25, -0.2) is 0 Å². The highest BCUT2D eigenvalue weighted by Crippen LogP contribution is 2.51. The van der Waals surface area contributed by atoms with Crippen LogP contribution in [0.1, 0.15) is 33.8 Å². The Bertz CT molecular complexity index is 1530. The number of nitrogens with one attached hydrogen (secondary N) is 1. The van der Waals surface area contributed by atoms with Crippen LogP contribution in [0.15, 0.2) is 121 Å². The molecule has 1 aliphatic rings. The molecule has 3 nitrogen and oxygen atoms in total. The molecule has 37 heavy (non-hydrogen) atoms. The van der Waals surface area contributed by atoms with E-state index in [-0.39, 0.29) is 23.9 Å². The normalized spacial score (nSPS) is 18.1. The number of hydrogen-bond donors (Lipinski definition) is 2. The quantitative estimate of drug-likeness (QED) is 0.250. The summed E-state index contributed by atoms with van der Waals surface area (Å²) in [7, 11) is 0. The largest absolute Gasteiger partial charge is 0.324 e. The molecule has 0 aromatic heterocycles. The van der Waals surface area contributed by atoms with Crippen LogP contribution in [0.5, 0.6) is 0 Å². The van der Waals surface area contributed by atoms with E-state index in [0.29, 0.717) is 11.5 Å². The van der Waals surface area contributed by atoms with Crippen molar-refractivity contribution in [2.75, 3.05) is 5.32 Å². The zero-order chi connectivity index (χ0) is 24.5. The van der Waals surface area contributed by atoms with Gasteiger partial charge in [0.1, 0.15) is 0 Å². The van der Waals surface area contributed by atoms with Crippen molar-refractivity contribution in [1.82, 2.24) is 0 Å². The second-order valence-corrected chi connectivity index (χ2v) is 9.87. The van der Waals surface area contributed by atoms with Crippen LogP contribution in [0.2, 0.25) is 0 Å². The minimum atomic E-state index is -0.215. The van der Waals surface area contributed by atoms with Gasteiger partial charge in [0.2, 0.25) is 0 Å². The first-order valence-corrected chi connectivity index (χ1v) is 12.4. The lowest BCUT2D eigenvalue weighted by Crippen LogP contribution is -2.27. The van der Waals surface area contributed by atoms with Gasteiger partial charge in [-0.2, -0.15) is 0 Å². The third kappa shape index (κ3) is 5.29. The van der Waals surface area contributed by atoms with E-state index in [1.165, 1.54) is 21.9 Å². The number of carbonyl (C=O) groups excluding carboxylic acids is 1. The van der Waals surface area contributed by atoms with Crippen molar-refractivity contribution in [3.63, 3.8) is 0 Å². The van der Waals surface area contributed by atoms with Crippen LogP contribution in [0.25, 0.3) is 21.9 Å². The van der Waals surface area contributed by atoms with Crippen LogP contribution < -0.4 is 11.1 Å². The van der Waals surface area contributed by atoms with Gasteiger partial charge in [-0.05, 0) is 70.1 Å². The molecule has 3 N–H and O–H groups in total. The summed E-state index contributed by atoms with van der Waals surface area (Å²) in [4.78, 5) is 12.8. The number of anilines is 1. The number of benzene rings is 5. The van der Waals surface area contributed by atoms with Crippen LogP contribution in [0, 0.1) is 0 Å². The first kappa shape index (κ1) is 24.8. The summed E-state index contributed by atoms with van der Waals surface area (Å²) in [5, 5.41) is 5.52. The number of carbonyl (C=O) groups is 1. The molecule has 1 saturated carbocycles. The molecular weight excluding hydrogens is 476 g/mol. The maximum Gasteiger partial charge on any atom is 0.255 e. The average Bonchev–Trinajstić information content (AvgIpc) is 3.59. The molecule has 5 aromatic rings. The van der Waals surface area contributed by atoms with Crippen molar-refractivity contribution < 1.29 is 4.79 Å². The summed E-state index contributed by atoms with van der Waals surface area (Å²) < 4.78 is 0. The molecule has 1 aliphatic carbocycles. The molecule has 0 saturated heterocycles. The highest BCUT2D eigenvalue weighted by Gasteiger charge is 2.51. The van der Waals surface area contributed by atoms with Crippen LogP contribution in [0.3, 0.4) is 0 Å². The lowest BCUT2D eigenvalue weighted by molar-refractivity contribution is 0.102. The third-order valence-electron chi connectivity index (χ3n) is 7.29. The van der Waals surface area contributed by atoms with E-state index in [1.807, 2.05) is 54.6 Å². The van der Waals surface area contributed by atoms with Gasteiger partial charge in [-0.3, -0.25) is 4.79 Å². The van der Waals surface area contributed by atoms with E-state index in [2.05, 4.69) is 72.0 Å². The van der Waals surface area contributed by atoms with E-state index < -0.39 is 0 Å². The van der Waals surface area contributed by atoms with Crippen molar-refractivity contribution in [2.45, 2.75) is 24.3 Å². The molecule has 0 aliphatic heterocycles. The van der Waals surface area contributed by atoms with Crippen molar-refractivity contribution in [3.05, 3.63) is 138 Å². The van der Waals surface area contributed by atoms with Crippen molar-refractivity contribution >= 4 is 34.8 Å². The van der Waals surface area contributed by atoms with E-state index in [0.717, 1.165) is 29.7 Å². The number of amides is 1. The van der Waals surface area contributed by atoms with Crippen LogP contribution >= 0.6 is 12.4 Å². The van der Waals surface area contributed by atoms with Crippen molar-refractivity contribution in [2.24, 2.45) is 5.73 Å².